The van der Waals surface area contributed by atoms with E-state index >= 15 is 0 Å². The van der Waals surface area contributed by atoms with Crippen molar-refractivity contribution in [3.05, 3.63) is 0 Å². The van der Waals surface area contributed by atoms with Gasteiger partial charge in [-0.2, -0.15) is 0 Å². The van der Waals surface area contributed by atoms with E-state index in [1.54, 1.807) is 0 Å². The third-order valence-corrected chi connectivity index (χ3v) is 7.64. The molecule has 10 heteroatoms. The van der Waals surface area contributed by atoms with Gasteiger partial charge in [0.25, 0.3) is 0 Å². The van der Waals surface area contributed by atoms with Gasteiger partial charge in [-0.25, -0.2) is 0 Å². The first-order valence-corrected chi connectivity index (χ1v) is 13.5. The fourth-order valence-electron chi connectivity index (χ4n) is 3.04. The van der Waals surface area contributed by atoms with Crippen LogP contribution >= 0.6 is 38.5 Å². The molecule has 2 saturated heterocycles. The summed E-state index contributed by atoms with van der Waals surface area (Å²) in [6.07, 6.45) is 2.93. The molecule has 0 aliphatic carbocycles. The first-order chi connectivity index (χ1) is 13.9. The van der Waals surface area contributed by atoms with Crippen LogP contribution in [0.1, 0.15) is 54.4 Å². The molecule has 0 aromatic rings. The lowest BCUT2D eigenvalue weighted by Gasteiger charge is -2.37. The molecule has 2 rings (SSSR count). The zero-order chi connectivity index (χ0) is 22.9. The first kappa shape index (κ1) is 19.5. The van der Waals surface area contributed by atoms with E-state index in [4.69, 9.17) is 23.1 Å². The molecule has 0 N–H and O–H groups in total. The van der Waals surface area contributed by atoms with E-state index in [0.717, 1.165) is 51.2 Å². The zero-order valence-corrected chi connectivity index (χ0v) is 20.1. The smallest absolute Gasteiger partial charge is 0.137 e. The molecule has 6 unspecified atom stereocenters. The molecule has 2 heterocycles. The van der Waals surface area contributed by atoms with Gasteiger partial charge in [0, 0.05) is 28.7 Å². The molecule has 2 fully saturated rings. The Morgan fingerprint density at radius 1 is 1.08 bits per heavy atom. The molecular formula is C16H34B2O4P2S2. The van der Waals surface area contributed by atoms with Gasteiger partial charge in [0.2, 0.25) is 0 Å². The fourth-order valence-corrected chi connectivity index (χ4v) is 4.29. The van der Waals surface area contributed by atoms with Gasteiger partial charge < -0.3 is 17.8 Å². The minimum Gasteiger partial charge on any atom is -0.373 e. The monoisotopic (exact) mass is 444 g/mol. The van der Waals surface area contributed by atoms with E-state index in [9.17, 15) is 0 Å². The Bertz CT molecular complexity index is 506. The lowest BCUT2D eigenvalue weighted by molar-refractivity contribution is 0.00108. The van der Waals surface area contributed by atoms with Gasteiger partial charge in [-0.1, -0.05) is 42.9 Å². The molecule has 6 atom stereocenters. The molecule has 150 valence electrons. The van der Waals surface area contributed by atoms with Crippen molar-refractivity contribution in [1.29, 1.82) is 5.23 Å². The topological polar surface area (TPSA) is 36.9 Å². The summed E-state index contributed by atoms with van der Waals surface area (Å²) in [5.74, 6) is 0. The predicted molar refractivity (Wildman–Crippen MR) is 123 cm³/mol. The van der Waals surface area contributed by atoms with Crippen LogP contribution in [-0.4, -0.2) is 57.9 Å². The van der Waals surface area contributed by atoms with E-state index in [-0.39, 0.29) is 29.1 Å². The number of rotatable bonds is 10. The Morgan fingerprint density at radius 3 is 2.15 bits per heavy atom. The van der Waals surface area contributed by atoms with Crippen molar-refractivity contribution in [1.82, 2.24) is 0 Å². The maximum absolute atomic E-state index is 7.43. The quantitative estimate of drug-likeness (QED) is 0.280. The van der Waals surface area contributed by atoms with E-state index in [1.807, 2.05) is 0 Å². The van der Waals surface area contributed by atoms with Gasteiger partial charge in [-0.05, 0) is 34.8 Å². The van der Waals surface area contributed by atoms with Crippen LogP contribution < -0.4 is 0 Å². The Balaban J connectivity index is 0.000000311. The highest BCUT2D eigenvalue weighted by molar-refractivity contribution is 8.53. The zero-order valence-electron chi connectivity index (χ0n) is 20.6. The van der Waals surface area contributed by atoms with Crippen LogP contribution in [0.25, 0.3) is 0 Å². The Hall–Kier alpha value is 1.53. The first-order valence-electron chi connectivity index (χ1n) is 10.9. The molecule has 0 amide bonds. The van der Waals surface area contributed by atoms with E-state index in [1.165, 1.54) is 0 Å². The summed E-state index contributed by atoms with van der Waals surface area (Å²) >= 11 is 2.15. The molecule has 0 aromatic carbocycles. The molecular weight excluding hydrogens is 404 g/mol. The van der Waals surface area contributed by atoms with Gasteiger partial charge in [0.05, 0.1) is 40.2 Å². The standard InChI is InChI=1S/C10H21BO2PS.C6H13BO2PS/c1-7-9(2,3)10(4,5)8(13-7)6-12-15-14-11;1-5-2-3-6(9-5)4-8-11-10-7/h7-8,11,14H,6H2,1-5H3;5-7,10H,2-4H2,1H3/i11T,14D;7T,10D. The number of hydrogen-bond donors (Lipinski definition) is 0. The normalized spacial score (nSPS) is 36.5. The van der Waals surface area contributed by atoms with Crippen LogP contribution in [0.4, 0.5) is 0 Å². The van der Waals surface area contributed by atoms with Crippen molar-refractivity contribution in [2.24, 2.45) is 10.8 Å². The van der Waals surface area contributed by atoms with Crippen molar-refractivity contribution in [2.75, 3.05) is 13.2 Å². The average Bonchev–Trinajstić information content (AvgIpc) is 3.17. The second-order valence-corrected chi connectivity index (χ2v) is 11.1. The summed E-state index contributed by atoms with van der Waals surface area (Å²) in [6.45, 7) is 14.0. The SMILES string of the molecule is [2H]P([B][3H])SOCC1CCC(C)O1.[2H]P([B][3H])SOCC1OC(C)C(C)(C)C1(C)C. The molecule has 2 aliphatic rings. The highest BCUT2D eigenvalue weighted by Gasteiger charge is 2.54. The average molecular weight is 444 g/mol. The summed E-state index contributed by atoms with van der Waals surface area (Å²) in [5.41, 5.74) is 0.154. The molecule has 0 spiro atoms. The van der Waals surface area contributed by atoms with Crippen molar-refractivity contribution in [2.45, 2.75) is 78.8 Å². The minimum atomic E-state index is -1.23. The van der Waals surface area contributed by atoms with Crippen molar-refractivity contribution >= 4 is 53.6 Å². The summed E-state index contributed by atoms with van der Waals surface area (Å²) < 4.78 is 50.6. The maximum Gasteiger partial charge on any atom is 0.137 e. The van der Waals surface area contributed by atoms with Crippen molar-refractivity contribution in [3.8, 4) is 0 Å². The van der Waals surface area contributed by atoms with E-state index in [2.05, 4.69) is 41.5 Å². The third-order valence-electron chi connectivity index (χ3n) is 5.84. The molecule has 4 nitrogen and oxygen atoms in total. The second-order valence-electron chi connectivity index (χ2n) is 7.79. The van der Waals surface area contributed by atoms with Crippen LogP contribution in [0, 0.1) is 10.8 Å². The van der Waals surface area contributed by atoms with Gasteiger partial charge in [-0.3, -0.25) is 0 Å². The minimum absolute atomic E-state index is 0.0441. The molecule has 0 bridgehead atoms. The summed E-state index contributed by atoms with van der Waals surface area (Å²) in [6, 6.07) is 0. The molecule has 26 heavy (non-hydrogen) atoms. The van der Waals surface area contributed by atoms with E-state index < -0.39 is 15.2 Å². The van der Waals surface area contributed by atoms with Crippen molar-refractivity contribution in [3.63, 3.8) is 0 Å². The maximum atomic E-state index is 7.43. The van der Waals surface area contributed by atoms with Crippen LogP contribution in [0.2, 0.25) is 0 Å². The molecule has 2 aliphatic heterocycles. The Kier molecular flexibility index (Phi) is 9.20. The van der Waals surface area contributed by atoms with Crippen LogP contribution in [0.5, 0.6) is 0 Å². The molecule has 0 saturated carbocycles. The van der Waals surface area contributed by atoms with Crippen LogP contribution in [0.3, 0.4) is 0 Å². The fraction of sp³-hybridized carbons (Fsp3) is 1.00. The molecule has 2 radical (unpaired) electrons. The highest BCUT2D eigenvalue weighted by Crippen LogP contribution is 2.52. The van der Waals surface area contributed by atoms with Crippen molar-refractivity contribution < 1.29 is 17.8 Å². The highest BCUT2D eigenvalue weighted by atomic mass is 32.7. The summed E-state index contributed by atoms with van der Waals surface area (Å²) in [4.78, 5) is 0. The number of hydrogen-bond acceptors (Lipinski definition) is 6. The summed E-state index contributed by atoms with van der Waals surface area (Å²) in [5, 5.41) is 0. The largest absolute Gasteiger partial charge is 0.373 e. The van der Waals surface area contributed by atoms with Gasteiger partial charge >= 0.3 is 0 Å². The molecule has 0 aromatic heterocycles. The number of ether oxygens (including phenoxy) is 2. The lowest BCUT2D eigenvalue weighted by Crippen LogP contribution is -2.39. The van der Waals surface area contributed by atoms with Gasteiger partial charge in [-0.15, -0.1) is 0 Å². The van der Waals surface area contributed by atoms with E-state index in [0.29, 0.717) is 19.3 Å². The summed E-state index contributed by atoms with van der Waals surface area (Å²) in [7, 11) is -0.185. The van der Waals surface area contributed by atoms with Crippen LogP contribution in [0.15, 0.2) is 0 Å². The third kappa shape index (κ3) is 7.41. The Morgan fingerprint density at radius 2 is 1.69 bits per heavy atom. The van der Waals surface area contributed by atoms with Gasteiger partial charge in [0.1, 0.15) is 15.1 Å². The predicted octanol–water partition coefficient (Wildman–Crippen LogP) is 4.53. The van der Waals surface area contributed by atoms with Gasteiger partial charge in [0.15, 0.2) is 0 Å². The lowest BCUT2D eigenvalue weighted by atomic mass is 9.65. The Labute approximate surface area is 179 Å². The van der Waals surface area contributed by atoms with Crippen LogP contribution in [-0.2, 0) is 17.8 Å². The second kappa shape index (κ2) is 12.3.